The van der Waals surface area contributed by atoms with Crippen LogP contribution in [0.3, 0.4) is 0 Å². The van der Waals surface area contributed by atoms with Gasteiger partial charge in [0.05, 0.1) is 30.6 Å². The Morgan fingerprint density at radius 2 is 2.27 bits per heavy atom. The van der Waals surface area contributed by atoms with E-state index < -0.39 is 0 Å². The fraction of sp³-hybridized carbons (Fsp3) is 0.667. The summed E-state index contributed by atoms with van der Waals surface area (Å²) in [5, 5.41) is 10.8. The van der Waals surface area contributed by atoms with Gasteiger partial charge in [0.1, 0.15) is 0 Å². The predicted octanol–water partition coefficient (Wildman–Crippen LogP) is 0.313. The SMILES string of the molecule is CCOC(=O)CCNC(=O)CSCC#N. The number of amides is 1. The zero-order valence-corrected chi connectivity index (χ0v) is 9.43. The molecular formula is C9H14N2O3S. The van der Waals surface area contributed by atoms with Crippen molar-refractivity contribution < 1.29 is 14.3 Å². The molecule has 0 aliphatic carbocycles. The maximum atomic E-state index is 11.1. The molecule has 0 unspecified atom stereocenters. The van der Waals surface area contributed by atoms with Crippen molar-refractivity contribution in [3.63, 3.8) is 0 Å². The summed E-state index contributed by atoms with van der Waals surface area (Å²) in [7, 11) is 0. The number of rotatable bonds is 7. The van der Waals surface area contributed by atoms with Crippen LogP contribution in [0.1, 0.15) is 13.3 Å². The third-order valence-electron chi connectivity index (χ3n) is 1.36. The van der Waals surface area contributed by atoms with Crippen LogP contribution in [0.25, 0.3) is 0 Å². The summed E-state index contributed by atoms with van der Waals surface area (Å²) >= 11 is 1.24. The normalized spacial score (nSPS) is 9.07. The largest absolute Gasteiger partial charge is 0.466 e. The van der Waals surface area contributed by atoms with Crippen molar-refractivity contribution in [2.75, 3.05) is 24.7 Å². The molecular weight excluding hydrogens is 216 g/mol. The van der Waals surface area contributed by atoms with Gasteiger partial charge in [0.2, 0.25) is 5.91 Å². The lowest BCUT2D eigenvalue weighted by Gasteiger charge is -2.03. The first-order valence-corrected chi connectivity index (χ1v) is 5.73. The summed E-state index contributed by atoms with van der Waals surface area (Å²) in [4.78, 5) is 21.9. The lowest BCUT2D eigenvalue weighted by Crippen LogP contribution is -2.28. The molecule has 1 N–H and O–H groups in total. The minimum absolute atomic E-state index is 0.167. The maximum Gasteiger partial charge on any atom is 0.307 e. The zero-order chi connectivity index (χ0) is 11.5. The summed E-state index contributed by atoms with van der Waals surface area (Å²) in [5.41, 5.74) is 0. The van der Waals surface area contributed by atoms with Crippen LogP contribution in [0.5, 0.6) is 0 Å². The second-order valence-corrected chi connectivity index (χ2v) is 3.54. The van der Waals surface area contributed by atoms with Crippen LogP contribution in [0.4, 0.5) is 0 Å². The first kappa shape index (κ1) is 13.8. The lowest BCUT2D eigenvalue weighted by atomic mass is 10.4. The summed E-state index contributed by atoms with van der Waals surface area (Å²) in [6, 6.07) is 1.92. The van der Waals surface area contributed by atoms with Gasteiger partial charge in [-0.2, -0.15) is 5.26 Å². The molecule has 0 aromatic rings. The van der Waals surface area contributed by atoms with E-state index in [1.54, 1.807) is 6.92 Å². The fourth-order valence-electron chi connectivity index (χ4n) is 0.778. The van der Waals surface area contributed by atoms with Crippen molar-refractivity contribution in [2.24, 2.45) is 0 Å². The monoisotopic (exact) mass is 230 g/mol. The molecule has 0 aliphatic heterocycles. The molecule has 0 rings (SSSR count). The average Bonchev–Trinajstić information content (AvgIpc) is 2.18. The smallest absolute Gasteiger partial charge is 0.307 e. The molecule has 0 aromatic carbocycles. The standard InChI is InChI=1S/C9H14N2O3S/c1-2-14-9(13)3-5-11-8(12)7-15-6-4-10/h2-3,5-7H2,1H3,(H,11,12). The highest BCUT2D eigenvalue weighted by molar-refractivity contribution is 8.00. The Balaban J connectivity index is 3.39. The van der Waals surface area contributed by atoms with E-state index >= 15 is 0 Å². The molecule has 0 spiro atoms. The predicted molar refractivity (Wildman–Crippen MR) is 57.2 cm³/mol. The quantitative estimate of drug-likeness (QED) is 0.503. The Labute approximate surface area is 93.2 Å². The van der Waals surface area contributed by atoms with Crippen LogP contribution in [0, 0.1) is 11.3 Å². The maximum absolute atomic E-state index is 11.1. The molecule has 15 heavy (non-hydrogen) atoms. The second-order valence-electron chi connectivity index (χ2n) is 2.56. The Morgan fingerprint density at radius 1 is 1.53 bits per heavy atom. The van der Waals surface area contributed by atoms with Crippen LogP contribution in [0.15, 0.2) is 0 Å². The van der Waals surface area contributed by atoms with Crippen LogP contribution in [0.2, 0.25) is 0 Å². The lowest BCUT2D eigenvalue weighted by molar-refractivity contribution is -0.142. The summed E-state index contributed by atoms with van der Waals surface area (Å²) < 4.78 is 4.68. The molecule has 6 heteroatoms. The first-order valence-electron chi connectivity index (χ1n) is 4.57. The van der Waals surface area contributed by atoms with Gasteiger partial charge in [0, 0.05) is 6.54 Å². The second kappa shape index (κ2) is 9.34. The van der Waals surface area contributed by atoms with Crippen LogP contribution in [-0.4, -0.2) is 36.5 Å². The van der Waals surface area contributed by atoms with E-state index in [0.29, 0.717) is 12.4 Å². The van der Waals surface area contributed by atoms with Crippen molar-refractivity contribution in [1.82, 2.24) is 5.32 Å². The fourth-order valence-corrected chi connectivity index (χ4v) is 1.26. The van der Waals surface area contributed by atoms with Gasteiger partial charge in [-0.05, 0) is 6.92 Å². The van der Waals surface area contributed by atoms with Gasteiger partial charge >= 0.3 is 5.97 Å². The van der Waals surface area contributed by atoms with Gasteiger partial charge in [-0.1, -0.05) is 0 Å². The van der Waals surface area contributed by atoms with Gasteiger partial charge < -0.3 is 10.1 Å². The van der Waals surface area contributed by atoms with Crippen molar-refractivity contribution in [2.45, 2.75) is 13.3 Å². The Hall–Kier alpha value is -1.22. The summed E-state index contributed by atoms with van der Waals surface area (Å²) in [6.07, 6.45) is 0.183. The topological polar surface area (TPSA) is 79.2 Å². The van der Waals surface area contributed by atoms with Gasteiger partial charge in [0.15, 0.2) is 0 Å². The molecule has 0 saturated heterocycles. The van der Waals surface area contributed by atoms with E-state index in [1.807, 2.05) is 6.07 Å². The van der Waals surface area contributed by atoms with E-state index in [4.69, 9.17) is 5.26 Å². The van der Waals surface area contributed by atoms with Crippen molar-refractivity contribution in [3.05, 3.63) is 0 Å². The molecule has 84 valence electrons. The van der Waals surface area contributed by atoms with Gasteiger partial charge in [-0.25, -0.2) is 0 Å². The average molecular weight is 230 g/mol. The number of carbonyl (C=O) groups excluding carboxylic acids is 2. The van der Waals surface area contributed by atoms with Crippen molar-refractivity contribution in [3.8, 4) is 6.07 Å². The highest BCUT2D eigenvalue weighted by Gasteiger charge is 2.04. The molecule has 0 aromatic heterocycles. The van der Waals surface area contributed by atoms with E-state index in [9.17, 15) is 9.59 Å². The molecule has 0 bridgehead atoms. The van der Waals surface area contributed by atoms with Crippen LogP contribution >= 0.6 is 11.8 Å². The molecule has 0 aliphatic rings. The minimum Gasteiger partial charge on any atom is -0.466 e. The zero-order valence-electron chi connectivity index (χ0n) is 8.62. The third-order valence-corrected chi connectivity index (χ3v) is 2.16. The van der Waals surface area contributed by atoms with Crippen LogP contribution in [-0.2, 0) is 14.3 Å². The van der Waals surface area contributed by atoms with Gasteiger partial charge in [-0.15, -0.1) is 11.8 Å². The van der Waals surface area contributed by atoms with Crippen molar-refractivity contribution >= 4 is 23.6 Å². The Morgan fingerprint density at radius 3 is 2.87 bits per heavy atom. The molecule has 0 saturated carbocycles. The molecule has 0 heterocycles. The first-order chi connectivity index (χ1) is 7.20. The molecule has 1 amide bonds. The van der Waals surface area contributed by atoms with Crippen LogP contribution < -0.4 is 5.32 Å². The minimum atomic E-state index is -0.317. The number of hydrogen-bond donors (Lipinski definition) is 1. The molecule has 0 atom stereocenters. The Bertz CT molecular complexity index is 250. The highest BCUT2D eigenvalue weighted by Crippen LogP contribution is 1.96. The number of nitriles is 1. The van der Waals surface area contributed by atoms with Crippen molar-refractivity contribution in [1.29, 1.82) is 5.26 Å². The third kappa shape index (κ3) is 9.09. The number of thioether (sulfide) groups is 1. The Kier molecular flexibility index (Phi) is 8.58. The highest BCUT2D eigenvalue weighted by atomic mass is 32.2. The summed E-state index contributed by atoms with van der Waals surface area (Å²) in [5.74, 6) is 0.0591. The molecule has 0 radical (unpaired) electrons. The van der Waals surface area contributed by atoms with E-state index in [2.05, 4.69) is 10.1 Å². The number of nitrogens with zero attached hydrogens (tertiary/aromatic N) is 1. The van der Waals surface area contributed by atoms with E-state index in [0.717, 1.165) is 0 Å². The van der Waals surface area contributed by atoms with Gasteiger partial charge in [0.25, 0.3) is 0 Å². The van der Waals surface area contributed by atoms with Gasteiger partial charge in [-0.3, -0.25) is 9.59 Å². The number of nitrogens with one attached hydrogen (secondary N) is 1. The number of hydrogen-bond acceptors (Lipinski definition) is 5. The molecule has 0 fully saturated rings. The molecule has 5 nitrogen and oxygen atoms in total. The number of ether oxygens (including phenoxy) is 1. The number of carbonyl (C=O) groups is 2. The van der Waals surface area contributed by atoms with E-state index in [1.165, 1.54) is 11.8 Å². The van der Waals surface area contributed by atoms with E-state index in [-0.39, 0.29) is 30.6 Å². The number of esters is 1. The summed E-state index contributed by atoms with van der Waals surface area (Å²) in [6.45, 7) is 2.37.